The molecule has 0 spiro atoms. The molecule has 26 heavy (non-hydrogen) atoms. The minimum atomic E-state index is -0.350. The van der Waals surface area contributed by atoms with Gasteiger partial charge in [0.2, 0.25) is 11.8 Å². The Labute approximate surface area is 158 Å². The maximum absolute atomic E-state index is 12.9. The zero-order valence-electron chi connectivity index (χ0n) is 15.2. The molecule has 0 unspecified atom stereocenters. The summed E-state index contributed by atoms with van der Waals surface area (Å²) in [6.07, 6.45) is 3.77. The van der Waals surface area contributed by atoms with Crippen LogP contribution in [-0.2, 0) is 21.4 Å². The van der Waals surface area contributed by atoms with Crippen LogP contribution in [0.1, 0.15) is 43.6 Å². The number of amides is 2. The average molecular weight is 369 g/mol. The van der Waals surface area contributed by atoms with Crippen LogP contribution in [-0.4, -0.2) is 18.4 Å². The lowest BCUT2D eigenvalue weighted by Crippen LogP contribution is -2.38. The lowest BCUT2D eigenvalue weighted by molar-refractivity contribution is -0.121. The molecule has 2 heterocycles. The molecular formula is C21H24N2O2S. The Kier molecular flexibility index (Phi) is 4.35. The van der Waals surface area contributed by atoms with E-state index >= 15 is 0 Å². The van der Waals surface area contributed by atoms with E-state index < -0.39 is 0 Å². The fraction of sp³-hybridized carbons (Fsp3) is 0.429. The van der Waals surface area contributed by atoms with Gasteiger partial charge in [0.05, 0.1) is 5.41 Å². The second-order valence-corrected chi connectivity index (χ2v) is 8.55. The van der Waals surface area contributed by atoms with Crippen LogP contribution in [0.5, 0.6) is 0 Å². The van der Waals surface area contributed by atoms with Gasteiger partial charge in [0.25, 0.3) is 0 Å². The number of nitrogens with one attached hydrogen (secondary N) is 1. The molecule has 5 heteroatoms. The number of rotatable bonds is 4. The zero-order valence-corrected chi connectivity index (χ0v) is 16.1. The molecule has 0 radical (unpaired) electrons. The molecule has 1 N–H and O–H groups in total. The summed E-state index contributed by atoms with van der Waals surface area (Å²) >= 11 is 1.65. The van der Waals surface area contributed by atoms with Crippen molar-refractivity contribution in [1.82, 2.24) is 0 Å². The Hall–Kier alpha value is -2.14. The first-order chi connectivity index (χ1) is 12.5. The maximum Gasteiger partial charge on any atom is 0.235 e. The molecule has 0 bridgehead atoms. The predicted molar refractivity (Wildman–Crippen MR) is 106 cm³/mol. The summed E-state index contributed by atoms with van der Waals surface area (Å²) in [5, 5.41) is 5.13. The van der Waals surface area contributed by atoms with Crippen LogP contribution in [0.15, 0.2) is 35.7 Å². The summed E-state index contributed by atoms with van der Waals surface area (Å²) in [6, 6.07) is 10.0. The Morgan fingerprint density at radius 1 is 1.23 bits per heavy atom. The number of carbonyl (C=O) groups excluding carboxylic acids is 2. The van der Waals surface area contributed by atoms with Gasteiger partial charge < -0.3 is 10.2 Å². The number of anilines is 2. The summed E-state index contributed by atoms with van der Waals surface area (Å²) in [7, 11) is 0. The third-order valence-electron chi connectivity index (χ3n) is 5.40. The number of thiophene rings is 1. The second-order valence-electron chi connectivity index (χ2n) is 7.61. The van der Waals surface area contributed by atoms with E-state index in [9.17, 15) is 9.59 Å². The first kappa shape index (κ1) is 17.3. The Morgan fingerprint density at radius 3 is 2.69 bits per heavy atom. The van der Waals surface area contributed by atoms with Gasteiger partial charge in [-0.05, 0) is 54.8 Å². The van der Waals surface area contributed by atoms with E-state index in [1.54, 1.807) is 11.3 Å². The van der Waals surface area contributed by atoms with Crippen LogP contribution in [0, 0.1) is 5.92 Å². The lowest BCUT2D eigenvalue weighted by atomic mass is 9.99. The molecule has 0 atom stereocenters. The molecular weight excluding hydrogens is 344 g/mol. The fourth-order valence-electron chi connectivity index (χ4n) is 3.70. The molecule has 1 aliphatic carbocycles. The van der Waals surface area contributed by atoms with Crippen molar-refractivity contribution in [2.45, 2.75) is 44.9 Å². The van der Waals surface area contributed by atoms with E-state index in [0.717, 1.165) is 48.5 Å². The molecule has 2 amide bonds. The first-order valence-electron chi connectivity index (χ1n) is 9.31. The Morgan fingerprint density at radius 2 is 2.04 bits per heavy atom. The normalized spacial score (nSPS) is 17.7. The molecule has 1 aromatic heterocycles. The molecule has 2 aliphatic rings. The minimum Gasteiger partial charge on any atom is -0.325 e. The molecule has 1 saturated carbocycles. The van der Waals surface area contributed by atoms with Crippen LogP contribution in [0.25, 0.3) is 0 Å². The Bertz CT molecular complexity index is 838. The van der Waals surface area contributed by atoms with Gasteiger partial charge in [-0.1, -0.05) is 26.0 Å². The molecule has 2 aromatic rings. The molecule has 1 aromatic carbocycles. The number of hydrogen-bond acceptors (Lipinski definition) is 3. The number of benzene rings is 1. The summed E-state index contributed by atoms with van der Waals surface area (Å²) in [6.45, 7) is 4.61. The van der Waals surface area contributed by atoms with Gasteiger partial charge in [-0.3, -0.25) is 9.59 Å². The van der Waals surface area contributed by atoms with Crippen molar-refractivity contribution in [3.63, 3.8) is 0 Å². The number of carbonyl (C=O) groups is 2. The van der Waals surface area contributed by atoms with Gasteiger partial charge >= 0.3 is 0 Å². The van der Waals surface area contributed by atoms with Crippen LogP contribution >= 0.6 is 11.3 Å². The summed E-state index contributed by atoms with van der Waals surface area (Å²) < 4.78 is 0. The molecule has 1 fully saturated rings. The van der Waals surface area contributed by atoms with E-state index in [1.807, 2.05) is 48.4 Å². The van der Waals surface area contributed by atoms with Crippen molar-refractivity contribution < 1.29 is 9.59 Å². The third kappa shape index (κ3) is 2.94. The molecule has 4 rings (SSSR count). The highest BCUT2D eigenvalue weighted by atomic mass is 32.1. The van der Waals surface area contributed by atoms with Gasteiger partial charge in [-0.2, -0.15) is 0 Å². The molecule has 0 saturated heterocycles. The highest BCUT2D eigenvalue weighted by molar-refractivity contribution is 7.10. The second kappa shape index (κ2) is 6.54. The number of fused-ring (bicyclic) bond motifs is 1. The van der Waals surface area contributed by atoms with E-state index in [-0.39, 0.29) is 23.1 Å². The van der Waals surface area contributed by atoms with Gasteiger partial charge in [0, 0.05) is 28.7 Å². The fourth-order valence-corrected chi connectivity index (χ4v) is 4.69. The smallest absolute Gasteiger partial charge is 0.235 e. The summed E-state index contributed by atoms with van der Waals surface area (Å²) in [5.74, 6) is 0.178. The van der Waals surface area contributed by atoms with Crippen molar-refractivity contribution in [1.29, 1.82) is 0 Å². The van der Waals surface area contributed by atoms with Gasteiger partial charge in [-0.15, -0.1) is 11.3 Å². The zero-order chi connectivity index (χ0) is 18.3. The highest BCUT2D eigenvalue weighted by Gasteiger charge is 2.52. The first-order valence-corrected chi connectivity index (χ1v) is 10.2. The quantitative estimate of drug-likeness (QED) is 0.872. The monoisotopic (exact) mass is 368 g/mol. The topological polar surface area (TPSA) is 49.4 Å². The molecule has 4 nitrogen and oxygen atoms in total. The van der Waals surface area contributed by atoms with E-state index in [1.165, 1.54) is 5.56 Å². The van der Waals surface area contributed by atoms with Crippen molar-refractivity contribution >= 4 is 34.5 Å². The van der Waals surface area contributed by atoms with Crippen LogP contribution in [0.2, 0.25) is 0 Å². The SMILES string of the molecule is CC(C)C(=O)N1CCCc2ccc(NC(=O)C3(c4cccs4)CC3)cc21. The van der Waals surface area contributed by atoms with Crippen molar-refractivity contribution in [3.05, 3.63) is 46.2 Å². The average Bonchev–Trinajstić information content (AvgIpc) is 3.27. The number of hydrogen-bond donors (Lipinski definition) is 1. The van der Waals surface area contributed by atoms with Crippen LogP contribution in [0.4, 0.5) is 11.4 Å². The largest absolute Gasteiger partial charge is 0.325 e. The third-order valence-corrected chi connectivity index (χ3v) is 6.47. The predicted octanol–water partition coefficient (Wildman–Crippen LogP) is 4.35. The van der Waals surface area contributed by atoms with Gasteiger partial charge in [0.15, 0.2) is 0 Å². The standard InChI is InChI=1S/C21H24N2O2S/c1-14(2)19(24)23-11-3-5-15-7-8-16(13-17(15)23)22-20(25)21(9-10-21)18-6-4-12-26-18/h4,6-8,12-14H,3,5,9-11H2,1-2H3,(H,22,25). The number of aryl methyl sites for hydroxylation is 1. The van der Waals surface area contributed by atoms with E-state index in [4.69, 9.17) is 0 Å². The van der Waals surface area contributed by atoms with E-state index in [2.05, 4.69) is 11.4 Å². The van der Waals surface area contributed by atoms with Crippen molar-refractivity contribution in [3.8, 4) is 0 Å². The van der Waals surface area contributed by atoms with E-state index in [0.29, 0.717) is 0 Å². The minimum absolute atomic E-state index is 0.0345. The Balaban J connectivity index is 1.58. The lowest BCUT2D eigenvalue weighted by Gasteiger charge is -2.31. The highest BCUT2D eigenvalue weighted by Crippen LogP contribution is 2.50. The summed E-state index contributed by atoms with van der Waals surface area (Å²) in [4.78, 5) is 28.5. The van der Waals surface area contributed by atoms with Crippen molar-refractivity contribution in [2.24, 2.45) is 5.92 Å². The van der Waals surface area contributed by atoms with Gasteiger partial charge in [-0.25, -0.2) is 0 Å². The van der Waals surface area contributed by atoms with Crippen molar-refractivity contribution in [2.75, 3.05) is 16.8 Å². The molecule has 136 valence electrons. The maximum atomic E-state index is 12.9. The number of nitrogens with zero attached hydrogens (tertiary/aromatic N) is 1. The summed E-state index contributed by atoms with van der Waals surface area (Å²) in [5.41, 5.74) is 2.56. The van der Waals surface area contributed by atoms with Crippen LogP contribution in [0.3, 0.4) is 0 Å². The van der Waals surface area contributed by atoms with Crippen LogP contribution < -0.4 is 10.2 Å². The van der Waals surface area contributed by atoms with Gasteiger partial charge in [0.1, 0.15) is 0 Å². The molecule has 1 aliphatic heterocycles.